The lowest BCUT2D eigenvalue weighted by molar-refractivity contribution is -0.210. The van der Waals surface area contributed by atoms with E-state index in [2.05, 4.69) is 0 Å². The number of halogens is 3. The average Bonchev–Trinajstić information content (AvgIpc) is 2.15. The van der Waals surface area contributed by atoms with Gasteiger partial charge in [0.25, 0.3) is 0 Å². The van der Waals surface area contributed by atoms with Crippen molar-refractivity contribution in [1.82, 2.24) is 0 Å². The van der Waals surface area contributed by atoms with Crippen LogP contribution in [0.25, 0.3) is 5.73 Å². The third-order valence-electron chi connectivity index (χ3n) is 1.64. The minimum absolute atomic E-state index is 0.189. The summed E-state index contributed by atoms with van der Waals surface area (Å²) < 4.78 is 40.3. The summed E-state index contributed by atoms with van der Waals surface area (Å²) in [7, 11) is 0. The number of alkyl halides is 3. The highest BCUT2D eigenvalue weighted by Crippen LogP contribution is 2.22. The molecule has 6 heteroatoms. The maximum atomic E-state index is 11.9. The first-order chi connectivity index (χ1) is 6.89. The molecule has 3 nitrogen and oxygen atoms in total. The predicted octanol–water partition coefficient (Wildman–Crippen LogP) is 2.67. The molecule has 1 atom stereocenters. The van der Waals surface area contributed by atoms with Gasteiger partial charge in [-0.1, -0.05) is 12.1 Å². The van der Waals surface area contributed by atoms with Crippen LogP contribution in [0.15, 0.2) is 24.3 Å². The first-order valence-corrected chi connectivity index (χ1v) is 4.09. The van der Waals surface area contributed by atoms with Crippen molar-refractivity contribution < 1.29 is 23.0 Å². The van der Waals surface area contributed by atoms with Gasteiger partial charge in [0.05, 0.1) is 0 Å². The molecule has 0 fully saturated rings. The van der Waals surface area contributed by atoms with Crippen LogP contribution < -0.4 is 4.74 Å². The molecule has 0 spiro atoms. The van der Waals surface area contributed by atoms with E-state index in [4.69, 9.17) is 15.6 Å². The third-order valence-corrected chi connectivity index (χ3v) is 1.64. The highest BCUT2D eigenvalue weighted by molar-refractivity contribution is 5.45. The Labute approximate surface area is 84.3 Å². The van der Waals surface area contributed by atoms with Crippen LogP contribution in [0, 0.1) is 0 Å². The molecule has 0 bridgehead atoms. The Morgan fingerprint density at radius 3 is 2.27 bits per heavy atom. The fourth-order valence-electron chi connectivity index (χ4n) is 0.821. The Morgan fingerprint density at radius 2 is 1.80 bits per heavy atom. The summed E-state index contributed by atoms with van der Waals surface area (Å²) in [5, 5.41) is 8.61. The molecule has 0 aliphatic heterocycles. The lowest BCUT2D eigenvalue weighted by atomic mass is 10.3. The zero-order valence-corrected chi connectivity index (χ0v) is 7.58. The maximum Gasteiger partial charge on any atom is 0.417 e. The van der Waals surface area contributed by atoms with E-state index in [1.165, 1.54) is 24.3 Å². The van der Waals surface area contributed by atoms with E-state index in [1.807, 2.05) is 0 Å². The highest BCUT2D eigenvalue weighted by Gasteiger charge is 2.38. The van der Waals surface area contributed by atoms with E-state index in [0.717, 1.165) is 0 Å². The molecule has 84 valence electrons. The van der Waals surface area contributed by atoms with Gasteiger partial charge in [-0.05, 0) is 12.1 Å². The van der Waals surface area contributed by atoms with Gasteiger partial charge in [-0.15, -0.1) is 5.69 Å². The summed E-state index contributed by atoms with van der Waals surface area (Å²) in [5.74, 6) is 0.189. The fraction of sp³-hybridized carbons (Fsp3) is 0.333. The highest BCUT2D eigenvalue weighted by atomic mass is 19.4. The Bertz CT molecular complexity index is 310. The normalized spacial score (nSPS) is 13.6. The molecule has 0 heterocycles. The van der Waals surface area contributed by atoms with Crippen LogP contribution in [0.3, 0.4) is 0 Å². The fourth-order valence-corrected chi connectivity index (χ4v) is 0.821. The van der Waals surface area contributed by atoms with Crippen LogP contribution in [-0.4, -0.2) is 24.0 Å². The summed E-state index contributed by atoms with van der Waals surface area (Å²) >= 11 is 0. The van der Waals surface area contributed by atoms with Crippen molar-refractivity contribution in [3.05, 3.63) is 30.0 Å². The van der Waals surface area contributed by atoms with Crippen LogP contribution >= 0.6 is 0 Å². The number of aliphatic hydroxyl groups excluding tert-OH is 1. The molecule has 0 amide bonds. The second-order valence-electron chi connectivity index (χ2n) is 2.89. The number of hydrogen-bond acceptors (Lipinski definition) is 2. The number of aliphatic hydroxyl groups is 1. The van der Waals surface area contributed by atoms with Crippen LogP contribution in [0.5, 0.6) is 5.75 Å². The maximum absolute atomic E-state index is 11.9. The van der Waals surface area contributed by atoms with E-state index >= 15 is 0 Å². The molecule has 0 aliphatic carbocycles. The standard InChI is InChI=1S/C9H9F3NO2/c10-9(11,12)8(14)5-15-7-3-1-6(13)2-4-7/h1-4,8,13-14H,5H2/q-1. The number of ether oxygens (including phenoxy) is 1. The van der Waals surface area contributed by atoms with Crippen molar-refractivity contribution in [3.63, 3.8) is 0 Å². The minimum Gasteiger partial charge on any atom is -0.699 e. The molecule has 0 aromatic heterocycles. The Morgan fingerprint density at radius 1 is 1.27 bits per heavy atom. The van der Waals surface area contributed by atoms with Crippen molar-refractivity contribution >= 4 is 5.69 Å². The van der Waals surface area contributed by atoms with E-state index in [-0.39, 0.29) is 11.4 Å². The SMILES string of the molecule is [NH-]c1ccc(OCC(O)C(F)(F)F)cc1. The van der Waals surface area contributed by atoms with Gasteiger partial charge in [-0.25, -0.2) is 0 Å². The molecule has 0 radical (unpaired) electrons. The average molecular weight is 220 g/mol. The molecular weight excluding hydrogens is 211 g/mol. The lowest BCUT2D eigenvalue weighted by Gasteiger charge is -2.15. The predicted molar refractivity (Wildman–Crippen MR) is 48.0 cm³/mol. The number of benzene rings is 1. The summed E-state index contributed by atoms with van der Waals surface area (Å²) in [4.78, 5) is 0. The topological polar surface area (TPSA) is 53.3 Å². The van der Waals surface area contributed by atoms with E-state index in [0.29, 0.717) is 0 Å². The smallest absolute Gasteiger partial charge is 0.417 e. The van der Waals surface area contributed by atoms with Crippen LogP contribution in [-0.2, 0) is 0 Å². The number of hydrogen-bond donors (Lipinski definition) is 1. The van der Waals surface area contributed by atoms with Gasteiger partial charge in [-0.3, -0.25) is 0 Å². The second kappa shape index (κ2) is 4.39. The monoisotopic (exact) mass is 220 g/mol. The van der Waals surface area contributed by atoms with Crippen molar-refractivity contribution in [2.24, 2.45) is 0 Å². The van der Waals surface area contributed by atoms with Gasteiger partial charge in [0.1, 0.15) is 12.4 Å². The summed E-state index contributed by atoms with van der Waals surface area (Å²) in [6, 6.07) is 5.50. The van der Waals surface area contributed by atoms with Gasteiger partial charge in [0.15, 0.2) is 6.10 Å². The molecule has 15 heavy (non-hydrogen) atoms. The Balaban J connectivity index is 2.47. The zero-order valence-electron chi connectivity index (χ0n) is 7.58. The van der Waals surface area contributed by atoms with Gasteiger partial charge in [-0.2, -0.15) is 13.2 Å². The first kappa shape index (κ1) is 11.6. The Hall–Kier alpha value is -1.43. The molecule has 0 aliphatic rings. The van der Waals surface area contributed by atoms with E-state index < -0.39 is 18.9 Å². The second-order valence-corrected chi connectivity index (χ2v) is 2.89. The summed E-state index contributed by atoms with van der Waals surface area (Å²) in [6.45, 7) is -0.846. The van der Waals surface area contributed by atoms with Crippen LogP contribution in [0.4, 0.5) is 18.9 Å². The first-order valence-electron chi connectivity index (χ1n) is 4.09. The summed E-state index contributed by atoms with van der Waals surface area (Å²) in [5.41, 5.74) is 7.36. The van der Waals surface area contributed by atoms with Crippen molar-refractivity contribution in [2.45, 2.75) is 12.3 Å². The van der Waals surface area contributed by atoms with Crippen molar-refractivity contribution in [1.29, 1.82) is 0 Å². The minimum atomic E-state index is -4.67. The molecule has 1 aromatic carbocycles. The number of rotatable bonds is 3. The third kappa shape index (κ3) is 3.67. The zero-order chi connectivity index (χ0) is 11.5. The molecule has 0 saturated carbocycles. The quantitative estimate of drug-likeness (QED) is 0.851. The molecule has 1 rings (SSSR count). The molecule has 0 saturated heterocycles. The van der Waals surface area contributed by atoms with Crippen LogP contribution in [0.1, 0.15) is 0 Å². The Kier molecular flexibility index (Phi) is 3.41. The van der Waals surface area contributed by atoms with Gasteiger partial charge in [0.2, 0.25) is 0 Å². The van der Waals surface area contributed by atoms with E-state index in [1.54, 1.807) is 0 Å². The lowest BCUT2D eigenvalue weighted by Crippen LogP contribution is -2.34. The van der Waals surface area contributed by atoms with Gasteiger partial charge < -0.3 is 15.6 Å². The van der Waals surface area contributed by atoms with Gasteiger partial charge >= 0.3 is 6.18 Å². The number of nitrogens with one attached hydrogen (secondary N) is 1. The van der Waals surface area contributed by atoms with E-state index in [9.17, 15) is 13.2 Å². The van der Waals surface area contributed by atoms with Crippen molar-refractivity contribution in [2.75, 3.05) is 6.61 Å². The molecule has 2 N–H and O–H groups in total. The molecule has 1 unspecified atom stereocenters. The van der Waals surface area contributed by atoms with Crippen LogP contribution in [0.2, 0.25) is 0 Å². The molecular formula is C9H9F3NO2-. The van der Waals surface area contributed by atoms with Gasteiger partial charge in [0, 0.05) is 0 Å². The summed E-state index contributed by atoms with van der Waals surface area (Å²) in [6.07, 6.45) is -7.16. The molecule has 1 aromatic rings. The largest absolute Gasteiger partial charge is 0.699 e. The van der Waals surface area contributed by atoms with Crippen molar-refractivity contribution in [3.8, 4) is 5.75 Å².